The average molecular weight is 264 g/mol. The minimum Gasteiger partial charge on any atom is -0.480 e. The maximum Gasteiger partial charge on any atom is 0.326 e. The maximum absolute atomic E-state index is 11.7. The zero-order chi connectivity index (χ0) is 13.8. The molecule has 8 nitrogen and oxygen atoms in total. The van der Waals surface area contributed by atoms with Gasteiger partial charge in [-0.1, -0.05) is 0 Å². The van der Waals surface area contributed by atoms with Crippen LogP contribution in [0.1, 0.15) is 22.1 Å². The molecule has 0 aliphatic heterocycles. The Morgan fingerprint density at radius 2 is 2.37 bits per heavy atom. The molecule has 2 rings (SSSR count). The lowest BCUT2D eigenvalue weighted by Crippen LogP contribution is -2.42. The van der Waals surface area contributed by atoms with Crippen molar-refractivity contribution in [1.29, 1.82) is 0 Å². The first kappa shape index (κ1) is 12.8. The van der Waals surface area contributed by atoms with Gasteiger partial charge in [-0.25, -0.2) is 14.8 Å². The number of carbonyl (C=O) groups excluding carboxylic acids is 1. The van der Waals surface area contributed by atoms with Crippen LogP contribution < -0.4 is 5.32 Å². The number of aryl methyl sites for hydroxylation is 1. The highest BCUT2D eigenvalue weighted by Gasteiger charge is 2.23. The molecule has 2 heterocycles. The monoisotopic (exact) mass is 264 g/mol. The lowest BCUT2D eigenvalue weighted by atomic mass is 10.1. The normalized spacial score (nSPS) is 12.1. The van der Waals surface area contributed by atoms with Crippen LogP contribution in [0.4, 0.5) is 0 Å². The van der Waals surface area contributed by atoms with Crippen LogP contribution in [-0.4, -0.2) is 38.0 Å². The zero-order valence-corrected chi connectivity index (χ0v) is 10.1. The van der Waals surface area contributed by atoms with Gasteiger partial charge in [-0.2, -0.15) is 0 Å². The van der Waals surface area contributed by atoms with E-state index in [-0.39, 0.29) is 12.3 Å². The fourth-order valence-electron chi connectivity index (χ4n) is 1.49. The van der Waals surface area contributed by atoms with E-state index in [1.165, 1.54) is 18.8 Å². The van der Waals surface area contributed by atoms with Gasteiger partial charge in [0, 0.05) is 18.3 Å². The third-order valence-corrected chi connectivity index (χ3v) is 2.40. The number of rotatable bonds is 5. The number of nitrogens with zero attached hydrogens (tertiary/aromatic N) is 2. The number of hydrogen-bond acceptors (Lipinski definition) is 5. The molecule has 0 radical (unpaired) electrons. The summed E-state index contributed by atoms with van der Waals surface area (Å²) in [5.41, 5.74) is 1.15. The van der Waals surface area contributed by atoms with E-state index >= 15 is 0 Å². The molecule has 0 unspecified atom stereocenters. The van der Waals surface area contributed by atoms with Gasteiger partial charge in [-0.05, 0) is 6.92 Å². The molecule has 3 N–H and O–H groups in total. The summed E-state index contributed by atoms with van der Waals surface area (Å²) < 4.78 is 4.91. The molecule has 0 saturated heterocycles. The van der Waals surface area contributed by atoms with Crippen molar-refractivity contribution in [2.24, 2.45) is 0 Å². The van der Waals surface area contributed by atoms with Crippen LogP contribution in [0.5, 0.6) is 0 Å². The minimum absolute atomic E-state index is 0.0980. The van der Waals surface area contributed by atoms with E-state index in [1.807, 2.05) is 0 Å². The number of oxazole rings is 1. The Bertz CT molecular complexity index is 575. The van der Waals surface area contributed by atoms with Crippen LogP contribution in [0, 0.1) is 6.92 Å². The van der Waals surface area contributed by atoms with Crippen LogP contribution >= 0.6 is 0 Å². The van der Waals surface area contributed by atoms with Crippen molar-refractivity contribution in [3.8, 4) is 0 Å². The Hall–Kier alpha value is -2.64. The summed E-state index contributed by atoms with van der Waals surface area (Å²) in [6.07, 6.45) is 4.35. The van der Waals surface area contributed by atoms with Crippen LogP contribution in [0.25, 0.3) is 0 Å². The first-order valence-corrected chi connectivity index (χ1v) is 5.49. The Labute approximate surface area is 107 Å². The Morgan fingerprint density at radius 3 is 2.89 bits per heavy atom. The van der Waals surface area contributed by atoms with Crippen molar-refractivity contribution >= 4 is 11.9 Å². The highest BCUT2D eigenvalue weighted by molar-refractivity contribution is 5.92. The summed E-state index contributed by atoms with van der Waals surface area (Å²) in [5.74, 6) is -1.97. The standard InChI is InChI=1S/C11H12N4O4/c1-6-4-19-10(14-6)9(16)15-8(11(17)18)2-7-3-12-5-13-7/h3-5,8H,2H2,1H3,(H,12,13)(H,15,16)(H,17,18)/t8-/m0/s1. The van der Waals surface area contributed by atoms with Gasteiger partial charge >= 0.3 is 11.9 Å². The summed E-state index contributed by atoms with van der Waals surface area (Å²) >= 11 is 0. The second kappa shape index (κ2) is 5.34. The lowest BCUT2D eigenvalue weighted by Gasteiger charge is -2.11. The first-order chi connectivity index (χ1) is 9.06. The smallest absolute Gasteiger partial charge is 0.326 e. The van der Waals surface area contributed by atoms with Crippen molar-refractivity contribution in [3.05, 3.63) is 36.1 Å². The predicted molar refractivity (Wildman–Crippen MR) is 62.4 cm³/mol. The number of nitrogens with one attached hydrogen (secondary N) is 2. The third-order valence-electron chi connectivity index (χ3n) is 2.40. The summed E-state index contributed by atoms with van der Waals surface area (Å²) in [6.45, 7) is 1.67. The molecule has 0 aliphatic carbocycles. The first-order valence-electron chi connectivity index (χ1n) is 5.49. The number of carboxylic acids is 1. The maximum atomic E-state index is 11.7. The summed E-state index contributed by atoms with van der Waals surface area (Å²) in [4.78, 5) is 33.2. The number of carbonyl (C=O) groups is 2. The van der Waals surface area contributed by atoms with E-state index in [0.29, 0.717) is 11.4 Å². The van der Waals surface area contributed by atoms with Gasteiger partial charge in [0.1, 0.15) is 12.3 Å². The Balaban J connectivity index is 2.04. The molecular weight excluding hydrogens is 252 g/mol. The number of aliphatic carboxylic acids is 1. The number of hydrogen-bond donors (Lipinski definition) is 3. The van der Waals surface area contributed by atoms with E-state index in [1.54, 1.807) is 6.92 Å². The second-order valence-corrected chi connectivity index (χ2v) is 3.94. The van der Waals surface area contributed by atoms with E-state index in [9.17, 15) is 9.59 Å². The van der Waals surface area contributed by atoms with Gasteiger partial charge in [-0.3, -0.25) is 4.79 Å². The van der Waals surface area contributed by atoms with Crippen molar-refractivity contribution in [2.45, 2.75) is 19.4 Å². The molecular formula is C11H12N4O4. The summed E-state index contributed by atoms with van der Waals surface area (Å²) in [7, 11) is 0. The van der Waals surface area contributed by atoms with Crippen molar-refractivity contribution in [3.63, 3.8) is 0 Å². The topological polar surface area (TPSA) is 121 Å². The van der Waals surface area contributed by atoms with Crippen molar-refractivity contribution in [1.82, 2.24) is 20.3 Å². The van der Waals surface area contributed by atoms with Crippen LogP contribution in [0.3, 0.4) is 0 Å². The number of H-pyrrole nitrogens is 1. The number of imidazole rings is 1. The number of carboxylic acid groups (broad SMARTS) is 1. The number of aromatic amines is 1. The molecule has 8 heteroatoms. The average Bonchev–Trinajstić information content (AvgIpc) is 2.99. The SMILES string of the molecule is Cc1coc(C(=O)N[C@@H](Cc2cnc[nH]2)C(=O)O)n1. The fourth-order valence-corrected chi connectivity index (χ4v) is 1.49. The van der Waals surface area contributed by atoms with Crippen LogP contribution in [-0.2, 0) is 11.2 Å². The largest absolute Gasteiger partial charge is 0.480 e. The molecule has 2 aromatic heterocycles. The molecule has 0 bridgehead atoms. The summed E-state index contributed by atoms with van der Waals surface area (Å²) in [5, 5.41) is 11.4. The van der Waals surface area contributed by atoms with Crippen LogP contribution in [0.15, 0.2) is 23.2 Å². The number of aromatic nitrogens is 3. The molecule has 0 spiro atoms. The van der Waals surface area contributed by atoms with Gasteiger partial charge in [0.15, 0.2) is 0 Å². The van der Waals surface area contributed by atoms with Crippen molar-refractivity contribution in [2.75, 3.05) is 0 Å². The zero-order valence-electron chi connectivity index (χ0n) is 10.1. The third kappa shape index (κ3) is 3.18. The molecule has 0 aromatic carbocycles. The molecule has 100 valence electrons. The molecule has 1 amide bonds. The highest BCUT2D eigenvalue weighted by Crippen LogP contribution is 2.03. The van der Waals surface area contributed by atoms with Gasteiger partial charge in [0.05, 0.1) is 12.0 Å². The minimum atomic E-state index is -1.15. The Kier molecular flexibility index (Phi) is 3.60. The molecule has 2 aromatic rings. The fraction of sp³-hybridized carbons (Fsp3) is 0.273. The van der Waals surface area contributed by atoms with E-state index in [4.69, 9.17) is 9.52 Å². The lowest BCUT2D eigenvalue weighted by molar-refractivity contribution is -0.139. The van der Waals surface area contributed by atoms with Gasteiger partial charge in [0.25, 0.3) is 5.89 Å². The Morgan fingerprint density at radius 1 is 1.58 bits per heavy atom. The number of amides is 1. The van der Waals surface area contributed by atoms with E-state index in [0.717, 1.165) is 0 Å². The van der Waals surface area contributed by atoms with Gasteiger partial charge in [-0.15, -0.1) is 0 Å². The second-order valence-electron chi connectivity index (χ2n) is 3.94. The quantitative estimate of drug-likeness (QED) is 0.705. The van der Waals surface area contributed by atoms with Gasteiger partial charge in [0.2, 0.25) is 0 Å². The van der Waals surface area contributed by atoms with E-state index in [2.05, 4.69) is 20.3 Å². The molecule has 0 aliphatic rings. The molecule has 0 saturated carbocycles. The highest BCUT2D eigenvalue weighted by atomic mass is 16.4. The molecule has 1 atom stereocenters. The summed E-state index contributed by atoms with van der Waals surface area (Å²) in [6, 6.07) is -1.08. The van der Waals surface area contributed by atoms with Gasteiger partial charge < -0.3 is 19.8 Å². The molecule has 19 heavy (non-hydrogen) atoms. The van der Waals surface area contributed by atoms with Crippen LogP contribution in [0.2, 0.25) is 0 Å². The predicted octanol–water partition coefficient (Wildman–Crippen LogP) is 0.132. The van der Waals surface area contributed by atoms with E-state index < -0.39 is 17.9 Å². The molecule has 0 fully saturated rings. The van der Waals surface area contributed by atoms with Crippen molar-refractivity contribution < 1.29 is 19.1 Å².